The van der Waals surface area contributed by atoms with Crippen LogP contribution in [0.4, 0.5) is 10.2 Å². The first-order valence-corrected chi connectivity index (χ1v) is 10.5. The monoisotopic (exact) mass is 475 g/mol. The van der Waals surface area contributed by atoms with E-state index in [1.165, 1.54) is 16.6 Å². The third-order valence-electron chi connectivity index (χ3n) is 5.87. The number of anilines is 1. The molecule has 0 unspecified atom stereocenters. The molecule has 3 aromatic heterocycles. The molecule has 5 rings (SSSR count). The minimum Gasteiger partial charge on any atom is -1.00 e. The average Bonchev–Trinajstić information content (AvgIpc) is 3.32. The van der Waals surface area contributed by atoms with E-state index in [0.717, 1.165) is 19.3 Å². The highest BCUT2D eigenvalue weighted by Crippen LogP contribution is 2.24. The molecule has 2 N–H and O–H groups in total. The van der Waals surface area contributed by atoms with Crippen LogP contribution in [0, 0.1) is 11.7 Å². The fraction of sp³-hybridized carbons (Fsp3) is 0.381. The topological polar surface area (TPSA) is 114 Å². The predicted molar refractivity (Wildman–Crippen MR) is 114 cm³/mol. The quantitative estimate of drug-likeness (QED) is 0.408. The van der Waals surface area contributed by atoms with E-state index in [1.807, 2.05) is 6.92 Å². The Morgan fingerprint density at radius 2 is 2.12 bits per heavy atom. The normalized spacial score (nSPS) is 15.3. The summed E-state index contributed by atoms with van der Waals surface area (Å²) in [6.45, 7) is 4.11. The molecule has 1 fully saturated rings. The predicted octanol–water partition coefficient (Wildman–Crippen LogP) is -2.48. The molecule has 174 valence electrons. The SMILES string of the molecule is CCc1cc2n(CC(=O)Nc3ccc(F)cn3)c3c(c(=O)n2n1)CN(CC1CNC1)C3=O.[Cl-].[H+]. The van der Waals surface area contributed by atoms with Gasteiger partial charge in [0.15, 0.2) is 0 Å². The van der Waals surface area contributed by atoms with E-state index in [4.69, 9.17) is 0 Å². The van der Waals surface area contributed by atoms with Crippen LogP contribution in [0.15, 0.2) is 29.2 Å². The van der Waals surface area contributed by atoms with Crippen LogP contribution in [0.5, 0.6) is 0 Å². The molecule has 0 spiro atoms. The molecule has 5 heterocycles. The Balaban J connectivity index is 0.00000162. The lowest BCUT2D eigenvalue weighted by molar-refractivity contribution is -0.116. The van der Waals surface area contributed by atoms with E-state index in [2.05, 4.69) is 20.7 Å². The maximum Gasteiger partial charge on any atom is 1.00 e. The van der Waals surface area contributed by atoms with Gasteiger partial charge in [-0.3, -0.25) is 14.4 Å². The summed E-state index contributed by atoms with van der Waals surface area (Å²) in [6, 6.07) is 4.27. The fourth-order valence-electron chi connectivity index (χ4n) is 4.11. The first-order valence-electron chi connectivity index (χ1n) is 10.5. The standard InChI is InChI=1S/C21H22FN7O3.ClH/c1-2-14-5-18-28(11-17(30)25-16-4-3-13(22)8-24-16)19-15(20(31)29(18)26-14)10-27(21(19)32)9-12-6-23-7-12;/h3-5,8,12,23H,2,6-7,9-11H2,1H3,(H,24,25,30);1H. The molecule has 0 aromatic carbocycles. The van der Waals surface area contributed by atoms with Crippen LogP contribution < -0.4 is 28.6 Å². The number of aromatic nitrogens is 4. The Morgan fingerprint density at radius 1 is 1.33 bits per heavy atom. The van der Waals surface area contributed by atoms with Crippen molar-refractivity contribution in [2.75, 3.05) is 25.0 Å². The molecule has 0 atom stereocenters. The largest absolute Gasteiger partial charge is 1.00 e. The highest BCUT2D eigenvalue weighted by molar-refractivity contribution is 5.98. The van der Waals surface area contributed by atoms with Crippen molar-refractivity contribution >= 4 is 23.3 Å². The van der Waals surface area contributed by atoms with Crippen LogP contribution in [-0.2, 0) is 24.3 Å². The average molecular weight is 476 g/mol. The highest BCUT2D eigenvalue weighted by atomic mass is 35.5. The summed E-state index contributed by atoms with van der Waals surface area (Å²) in [7, 11) is 0. The summed E-state index contributed by atoms with van der Waals surface area (Å²) >= 11 is 0. The molecule has 2 aliphatic heterocycles. The van der Waals surface area contributed by atoms with Crippen molar-refractivity contribution < 1.29 is 27.8 Å². The van der Waals surface area contributed by atoms with Crippen LogP contribution in [0.2, 0.25) is 0 Å². The van der Waals surface area contributed by atoms with E-state index in [1.54, 1.807) is 15.5 Å². The summed E-state index contributed by atoms with van der Waals surface area (Å²) in [4.78, 5) is 44.7. The molecule has 10 nitrogen and oxygen atoms in total. The number of halogens is 2. The molecule has 0 aliphatic carbocycles. The molecule has 1 saturated heterocycles. The van der Waals surface area contributed by atoms with Gasteiger partial charge in [0.25, 0.3) is 11.5 Å². The summed E-state index contributed by atoms with van der Waals surface area (Å²) in [5.41, 5.74) is 1.29. The number of hydrogen-bond acceptors (Lipinski definition) is 6. The molecular weight excluding hydrogens is 453 g/mol. The number of fused-ring (bicyclic) bond motifs is 2. The van der Waals surface area contributed by atoms with Crippen LogP contribution >= 0.6 is 0 Å². The van der Waals surface area contributed by atoms with E-state index < -0.39 is 11.7 Å². The minimum absolute atomic E-state index is 0. The molecular formula is C21H23ClFN7O3. The molecule has 0 saturated carbocycles. The Kier molecular flexibility index (Phi) is 6.17. The van der Waals surface area contributed by atoms with Crippen LogP contribution in [0.3, 0.4) is 0 Å². The third kappa shape index (κ3) is 4.09. The van der Waals surface area contributed by atoms with Crippen molar-refractivity contribution in [1.29, 1.82) is 0 Å². The number of nitrogens with zero attached hydrogens (tertiary/aromatic N) is 5. The van der Waals surface area contributed by atoms with Gasteiger partial charge in [-0.25, -0.2) is 9.37 Å². The minimum atomic E-state index is -0.512. The van der Waals surface area contributed by atoms with Gasteiger partial charge in [-0.05, 0) is 18.6 Å². The number of hydrogen-bond donors (Lipinski definition) is 2. The van der Waals surface area contributed by atoms with Crippen molar-refractivity contribution in [3.8, 4) is 0 Å². The van der Waals surface area contributed by atoms with Gasteiger partial charge < -0.3 is 32.5 Å². The first-order chi connectivity index (χ1) is 15.4. The molecule has 12 heteroatoms. The number of pyridine rings is 1. The fourth-order valence-corrected chi connectivity index (χ4v) is 4.11. The maximum atomic E-state index is 13.3. The number of amides is 2. The number of rotatable bonds is 6. The molecule has 2 amide bonds. The van der Waals surface area contributed by atoms with Gasteiger partial charge in [0, 0.05) is 31.6 Å². The van der Waals surface area contributed by atoms with Gasteiger partial charge in [0.2, 0.25) is 5.91 Å². The summed E-state index contributed by atoms with van der Waals surface area (Å²) in [6.07, 6.45) is 1.61. The number of carbonyl (C=O) groups excluding carboxylic acids is 2. The Morgan fingerprint density at radius 3 is 2.76 bits per heavy atom. The Bertz CT molecular complexity index is 1290. The van der Waals surface area contributed by atoms with Crippen LogP contribution in [0.25, 0.3) is 5.65 Å². The Labute approximate surface area is 195 Å². The molecule has 3 aromatic rings. The second-order valence-electron chi connectivity index (χ2n) is 8.10. The zero-order valence-corrected chi connectivity index (χ0v) is 18.6. The Hall–Kier alpha value is -3.31. The highest BCUT2D eigenvalue weighted by Gasteiger charge is 2.36. The second-order valence-corrected chi connectivity index (χ2v) is 8.10. The number of nitrogens with one attached hydrogen (secondary N) is 2. The van der Waals surface area contributed by atoms with Gasteiger partial charge in [-0.2, -0.15) is 9.61 Å². The molecule has 0 bridgehead atoms. The van der Waals surface area contributed by atoms with Crippen molar-refractivity contribution in [3.63, 3.8) is 0 Å². The van der Waals surface area contributed by atoms with Crippen molar-refractivity contribution in [2.45, 2.75) is 26.4 Å². The second kappa shape index (κ2) is 8.91. The van der Waals surface area contributed by atoms with Gasteiger partial charge >= 0.3 is 1.43 Å². The van der Waals surface area contributed by atoms with Crippen LogP contribution in [0.1, 0.15) is 30.1 Å². The zero-order valence-electron chi connectivity index (χ0n) is 18.8. The van der Waals surface area contributed by atoms with E-state index >= 15 is 0 Å². The molecule has 33 heavy (non-hydrogen) atoms. The van der Waals surface area contributed by atoms with Crippen molar-refractivity contribution in [2.24, 2.45) is 5.92 Å². The summed E-state index contributed by atoms with van der Waals surface area (Å²) in [5.74, 6) is -0.690. The van der Waals surface area contributed by atoms with Gasteiger partial charge in [0.1, 0.15) is 29.5 Å². The van der Waals surface area contributed by atoms with E-state index in [9.17, 15) is 18.8 Å². The molecule has 2 aliphatic rings. The number of carbonyl (C=O) groups is 2. The molecule has 0 radical (unpaired) electrons. The first kappa shape index (κ1) is 22.9. The van der Waals surface area contributed by atoms with Gasteiger partial charge in [-0.1, -0.05) is 6.92 Å². The summed E-state index contributed by atoms with van der Waals surface area (Å²) < 4.78 is 15.9. The number of aryl methyl sites for hydroxylation is 1. The zero-order chi connectivity index (χ0) is 22.4. The van der Waals surface area contributed by atoms with Gasteiger partial charge in [0.05, 0.1) is 24.0 Å². The lowest BCUT2D eigenvalue weighted by Crippen LogP contribution is -3.00. The van der Waals surface area contributed by atoms with Crippen LogP contribution in [-0.4, -0.2) is 55.5 Å². The lowest BCUT2D eigenvalue weighted by atomic mass is 10.0. The maximum absolute atomic E-state index is 13.3. The van der Waals surface area contributed by atoms with E-state index in [-0.39, 0.29) is 49.9 Å². The third-order valence-corrected chi connectivity index (χ3v) is 5.87. The van der Waals surface area contributed by atoms with Crippen molar-refractivity contribution in [3.05, 3.63) is 57.5 Å². The van der Waals surface area contributed by atoms with E-state index in [0.29, 0.717) is 35.8 Å². The lowest BCUT2D eigenvalue weighted by Gasteiger charge is -2.30. The van der Waals surface area contributed by atoms with Gasteiger partial charge in [-0.15, -0.1) is 0 Å². The van der Waals surface area contributed by atoms with Crippen molar-refractivity contribution in [1.82, 2.24) is 29.4 Å². The smallest absolute Gasteiger partial charge is 1.00 e. The summed E-state index contributed by atoms with van der Waals surface area (Å²) in [5, 5.41) is 10.2.